The lowest BCUT2D eigenvalue weighted by atomic mass is 9.95. The maximum absolute atomic E-state index is 12.1. The van der Waals surface area contributed by atoms with Gasteiger partial charge >= 0.3 is 0 Å². The van der Waals surface area contributed by atoms with Gasteiger partial charge in [0.1, 0.15) is 6.54 Å². The first kappa shape index (κ1) is 15.0. The van der Waals surface area contributed by atoms with Gasteiger partial charge < -0.3 is 5.73 Å². The van der Waals surface area contributed by atoms with E-state index >= 15 is 0 Å². The van der Waals surface area contributed by atoms with Gasteiger partial charge in [-0.2, -0.15) is 5.10 Å². The Morgan fingerprint density at radius 3 is 2.52 bits per heavy atom. The highest BCUT2D eigenvalue weighted by Crippen LogP contribution is 2.28. The number of hydrogen-bond acceptors (Lipinski definition) is 3. The van der Waals surface area contributed by atoms with Crippen molar-refractivity contribution in [3.8, 4) is 11.1 Å². The number of amides is 1. The van der Waals surface area contributed by atoms with Crippen molar-refractivity contribution in [1.29, 1.82) is 0 Å². The molecule has 2 rings (SSSR count). The van der Waals surface area contributed by atoms with E-state index in [1.807, 2.05) is 45.0 Å². The molecule has 5 nitrogen and oxygen atoms in total. The van der Waals surface area contributed by atoms with Gasteiger partial charge in [-0.15, -0.1) is 0 Å². The Morgan fingerprint density at radius 1 is 1.29 bits per heavy atom. The van der Waals surface area contributed by atoms with Crippen LogP contribution in [-0.4, -0.2) is 15.7 Å². The molecule has 1 aromatic carbocycles. The normalized spacial score (nSPS) is 10.9. The zero-order valence-electron chi connectivity index (χ0n) is 12.5. The second-order valence-electron chi connectivity index (χ2n) is 5.38. The highest BCUT2D eigenvalue weighted by Gasteiger charge is 2.15. The van der Waals surface area contributed by atoms with Gasteiger partial charge in [-0.1, -0.05) is 38.1 Å². The summed E-state index contributed by atoms with van der Waals surface area (Å²) < 4.78 is 1.12. The molecule has 0 aliphatic heterocycles. The van der Waals surface area contributed by atoms with E-state index in [1.54, 1.807) is 0 Å². The fourth-order valence-electron chi connectivity index (χ4n) is 2.28. The molecule has 0 aliphatic carbocycles. The maximum atomic E-state index is 12.1. The Balaban J connectivity index is 2.67. The average Bonchev–Trinajstić information content (AvgIpc) is 2.40. The smallest absolute Gasteiger partial charge is 0.267 e. The quantitative estimate of drug-likeness (QED) is 0.930. The minimum Gasteiger partial charge on any atom is -0.368 e. The number of aromatic nitrogens is 2. The van der Waals surface area contributed by atoms with Crippen molar-refractivity contribution in [3.63, 3.8) is 0 Å². The van der Waals surface area contributed by atoms with Gasteiger partial charge in [0.2, 0.25) is 5.91 Å². The number of aryl methyl sites for hydroxylation is 1. The van der Waals surface area contributed by atoms with E-state index in [-0.39, 0.29) is 18.0 Å². The molecule has 1 amide bonds. The van der Waals surface area contributed by atoms with Crippen molar-refractivity contribution in [2.75, 3.05) is 0 Å². The van der Waals surface area contributed by atoms with Crippen LogP contribution in [0.15, 0.2) is 35.1 Å². The third-order valence-electron chi connectivity index (χ3n) is 3.31. The van der Waals surface area contributed by atoms with E-state index < -0.39 is 5.91 Å². The predicted octanol–water partition coefficient (Wildman–Crippen LogP) is 1.83. The fraction of sp³-hybridized carbons (Fsp3) is 0.312. The molecule has 1 aromatic heterocycles. The molecule has 21 heavy (non-hydrogen) atoms. The van der Waals surface area contributed by atoms with Crippen LogP contribution in [0.5, 0.6) is 0 Å². The molecule has 0 radical (unpaired) electrons. The number of carbonyl (C=O) groups is 1. The first-order valence-corrected chi connectivity index (χ1v) is 6.86. The highest BCUT2D eigenvalue weighted by atomic mass is 16.2. The van der Waals surface area contributed by atoms with E-state index in [4.69, 9.17) is 5.73 Å². The van der Waals surface area contributed by atoms with Crippen LogP contribution in [0.2, 0.25) is 0 Å². The number of hydrogen-bond donors (Lipinski definition) is 1. The molecule has 0 spiro atoms. The van der Waals surface area contributed by atoms with Crippen molar-refractivity contribution in [3.05, 3.63) is 51.9 Å². The topological polar surface area (TPSA) is 78.0 Å². The predicted molar refractivity (Wildman–Crippen MR) is 82.0 cm³/mol. The standard InChI is InChI=1S/C16H19N3O2/c1-10(2)16-13(12-7-5-4-6-11(12)3)8-15(21)19(18-16)9-14(17)20/h4-8,10H,9H2,1-3H3,(H2,17,20). The molecule has 2 aromatic rings. The van der Waals surface area contributed by atoms with Crippen LogP contribution >= 0.6 is 0 Å². The van der Waals surface area contributed by atoms with Crippen LogP contribution in [0.25, 0.3) is 11.1 Å². The maximum Gasteiger partial charge on any atom is 0.267 e. The monoisotopic (exact) mass is 285 g/mol. The fourth-order valence-corrected chi connectivity index (χ4v) is 2.28. The van der Waals surface area contributed by atoms with Crippen molar-refractivity contribution < 1.29 is 4.79 Å². The van der Waals surface area contributed by atoms with Gasteiger partial charge in [0, 0.05) is 11.6 Å². The molecular formula is C16H19N3O2. The number of carbonyl (C=O) groups excluding carboxylic acids is 1. The minimum atomic E-state index is -0.581. The van der Waals surface area contributed by atoms with E-state index in [0.29, 0.717) is 0 Å². The molecule has 0 saturated carbocycles. The minimum absolute atomic E-state index is 0.124. The number of nitrogens with two attached hydrogens (primary N) is 1. The molecule has 1 heterocycles. The summed E-state index contributed by atoms with van der Waals surface area (Å²) in [6, 6.07) is 9.38. The van der Waals surface area contributed by atoms with E-state index in [0.717, 1.165) is 27.1 Å². The lowest BCUT2D eigenvalue weighted by Crippen LogP contribution is -2.31. The molecular weight excluding hydrogens is 266 g/mol. The Kier molecular flexibility index (Phi) is 4.21. The van der Waals surface area contributed by atoms with Crippen LogP contribution in [0.1, 0.15) is 31.0 Å². The Bertz CT molecular complexity index is 733. The molecule has 0 atom stereocenters. The average molecular weight is 285 g/mol. The molecule has 110 valence electrons. The van der Waals surface area contributed by atoms with Crippen LogP contribution < -0.4 is 11.3 Å². The summed E-state index contributed by atoms with van der Waals surface area (Å²) in [4.78, 5) is 23.2. The summed E-state index contributed by atoms with van der Waals surface area (Å²) in [5, 5.41) is 4.33. The molecule has 0 saturated heterocycles. The molecule has 0 bridgehead atoms. The SMILES string of the molecule is Cc1ccccc1-c1cc(=O)n(CC(N)=O)nc1C(C)C. The summed E-state index contributed by atoms with van der Waals surface area (Å²) in [6.07, 6.45) is 0. The summed E-state index contributed by atoms with van der Waals surface area (Å²) in [7, 11) is 0. The molecule has 0 aliphatic rings. The third kappa shape index (κ3) is 3.18. The first-order valence-electron chi connectivity index (χ1n) is 6.86. The Hall–Kier alpha value is -2.43. The van der Waals surface area contributed by atoms with E-state index in [2.05, 4.69) is 5.10 Å². The molecule has 0 fully saturated rings. The summed E-state index contributed by atoms with van der Waals surface area (Å²) in [5.41, 5.74) is 8.49. The molecule has 0 unspecified atom stereocenters. The second-order valence-corrected chi connectivity index (χ2v) is 5.38. The molecule has 5 heteroatoms. The van der Waals surface area contributed by atoms with Crippen molar-refractivity contribution in [2.45, 2.75) is 33.2 Å². The zero-order chi connectivity index (χ0) is 15.6. The van der Waals surface area contributed by atoms with Crippen molar-refractivity contribution >= 4 is 5.91 Å². The van der Waals surface area contributed by atoms with Crippen molar-refractivity contribution in [2.24, 2.45) is 5.73 Å². The largest absolute Gasteiger partial charge is 0.368 e. The van der Waals surface area contributed by atoms with Gasteiger partial charge in [-0.05, 0) is 24.0 Å². The summed E-state index contributed by atoms with van der Waals surface area (Å²) >= 11 is 0. The lowest BCUT2D eigenvalue weighted by Gasteiger charge is -2.15. The van der Waals surface area contributed by atoms with Crippen LogP contribution in [0, 0.1) is 6.92 Å². The summed E-state index contributed by atoms with van der Waals surface area (Å²) in [6.45, 7) is 5.80. The zero-order valence-corrected chi connectivity index (χ0v) is 12.5. The van der Waals surface area contributed by atoms with Gasteiger partial charge in [-0.25, -0.2) is 4.68 Å². The van der Waals surface area contributed by atoms with Gasteiger partial charge in [0.15, 0.2) is 0 Å². The Morgan fingerprint density at radius 2 is 1.95 bits per heavy atom. The number of rotatable bonds is 4. The van der Waals surface area contributed by atoms with E-state index in [1.165, 1.54) is 6.07 Å². The van der Waals surface area contributed by atoms with Crippen molar-refractivity contribution in [1.82, 2.24) is 9.78 Å². The Labute approximate surface area is 123 Å². The number of nitrogens with zero attached hydrogens (tertiary/aromatic N) is 2. The number of benzene rings is 1. The van der Waals surface area contributed by atoms with E-state index in [9.17, 15) is 9.59 Å². The second kappa shape index (κ2) is 5.91. The van der Waals surface area contributed by atoms with Crippen LogP contribution in [-0.2, 0) is 11.3 Å². The van der Waals surface area contributed by atoms with Crippen LogP contribution in [0.3, 0.4) is 0 Å². The number of primary amides is 1. The third-order valence-corrected chi connectivity index (χ3v) is 3.31. The summed E-state index contributed by atoms with van der Waals surface area (Å²) in [5.74, 6) is -0.456. The molecule has 2 N–H and O–H groups in total. The lowest BCUT2D eigenvalue weighted by molar-refractivity contribution is -0.118. The van der Waals surface area contributed by atoms with Gasteiger partial charge in [0.25, 0.3) is 5.56 Å². The van der Waals surface area contributed by atoms with Gasteiger partial charge in [0.05, 0.1) is 5.69 Å². The highest BCUT2D eigenvalue weighted by molar-refractivity contribution is 5.73. The first-order chi connectivity index (χ1) is 9.90. The van der Waals surface area contributed by atoms with Gasteiger partial charge in [-0.3, -0.25) is 9.59 Å². The van der Waals surface area contributed by atoms with Crippen LogP contribution in [0.4, 0.5) is 0 Å².